The highest BCUT2D eigenvalue weighted by atomic mass is 32.2. The van der Waals surface area contributed by atoms with Gasteiger partial charge in [-0.25, -0.2) is 5.48 Å². The van der Waals surface area contributed by atoms with Crippen molar-refractivity contribution in [1.29, 1.82) is 0 Å². The molecule has 0 atom stereocenters. The minimum atomic E-state index is -4.02. The highest BCUT2D eigenvalue weighted by Crippen LogP contribution is 2.21. The average Bonchev–Trinajstić information content (AvgIpc) is 2.65. The predicted octanol–water partition coefficient (Wildman–Crippen LogP) is 1.99. The Hall–Kier alpha value is -3.21. The van der Waals surface area contributed by atoms with Crippen LogP contribution in [0, 0.1) is 6.92 Å². The number of guanidine groups is 1. The number of rotatable bonds is 5. The van der Waals surface area contributed by atoms with Gasteiger partial charge >= 0.3 is 0 Å². The van der Waals surface area contributed by atoms with Crippen molar-refractivity contribution < 1.29 is 23.3 Å². The molecule has 2 aromatic carbocycles. The van der Waals surface area contributed by atoms with E-state index in [1.165, 1.54) is 18.3 Å². The summed E-state index contributed by atoms with van der Waals surface area (Å²) in [6.45, 7) is 5.45. The average molecular weight is 406 g/mol. The van der Waals surface area contributed by atoms with Gasteiger partial charge in [-0.05, 0) is 37.1 Å². The summed E-state index contributed by atoms with van der Waals surface area (Å²) < 4.78 is 29.6. The van der Waals surface area contributed by atoms with E-state index in [2.05, 4.69) is 16.8 Å². The van der Waals surface area contributed by atoms with Crippen LogP contribution in [-0.2, 0) is 16.5 Å². The number of nitrogens with one attached hydrogen (secondary N) is 1. The second kappa shape index (κ2) is 10.8. The molecule has 0 saturated heterocycles. The van der Waals surface area contributed by atoms with Gasteiger partial charge in [-0.15, -0.1) is 11.7 Å². The van der Waals surface area contributed by atoms with Crippen LogP contribution in [-0.4, -0.2) is 35.5 Å². The molecule has 0 aliphatic heterocycles. The number of hydrogen-bond acceptors (Lipinski definition) is 6. The Morgan fingerprint density at radius 1 is 1.25 bits per heavy atom. The fraction of sp³-hybridized carbons (Fsp3) is 0.111. The van der Waals surface area contributed by atoms with Crippen molar-refractivity contribution in [2.24, 2.45) is 15.9 Å². The van der Waals surface area contributed by atoms with Crippen molar-refractivity contribution in [2.75, 3.05) is 0 Å². The van der Waals surface area contributed by atoms with Crippen molar-refractivity contribution in [3.05, 3.63) is 71.8 Å². The molecule has 0 spiro atoms. The van der Waals surface area contributed by atoms with Crippen LogP contribution in [0.3, 0.4) is 0 Å². The molecular weight excluding hydrogens is 384 g/mol. The zero-order valence-electron chi connectivity index (χ0n) is 15.1. The Morgan fingerprint density at radius 3 is 2.43 bits per heavy atom. The largest absolute Gasteiger partial charge is 0.507 e. The van der Waals surface area contributed by atoms with Crippen LogP contribution < -0.4 is 11.2 Å². The van der Waals surface area contributed by atoms with Crippen LogP contribution in [0.4, 0.5) is 0 Å². The van der Waals surface area contributed by atoms with Gasteiger partial charge in [0.25, 0.3) is 10.1 Å². The third-order valence-electron chi connectivity index (χ3n) is 3.31. The second-order valence-electron chi connectivity index (χ2n) is 5.48. The van der Waals surface area contributed by atoms with Gasteiger partial charge in [0.15, 0.2) is 0 Å². The number of para-hydroxylation sites is 1. The molecule has 0 amide bonds. The van der Waals surface area contributed by atoms with Crippen LogP contribution in [0.1, 0.15) is 16.7 Å². The number of allylic oxidation sites excluding steroid dienone is 1. The first-order valence-corrected chi connectivity index (χ1v) is 9.35. The molecule has 0 aliphatic rings. The summed E-state index contributed by atoms with van der Waals surface area (Å²) in [6.07, 6.45) is 3.60. The number of aromatic hydroxyl groups is 1. The summed E-state index contributed by atoms with van der Waals surface area (Å²) in [7, 11) is -4.02. The quantitative estimate of drug-likeness (QED) is 0.167. The summed E-state index contributed by atoms with van der Waals surface area (Å²) in [5, 5.41) is 25.2. The number of phenols is 1. The smallest absolute Gasteiger partial charge is 0.294 e. The van der Waals surface area contributed by atoms with E-state index in [0.717, 1.165) is 11.1 Å². The van der Waals surface area contributed by atoms with Crippen LogP contribution in [0.15, 0.2) is 70.2 Å². The molecule has 28 heavy (non-hydrogen) atoms. The van der Waals surface area contributed by atoms with Crippen molar-refractivity contribution in [3.8, 4) is 5.75 Å². The van der Waals surface area contributed by atoms with Gasteiger partial charge in [-0.1, -0.05) is 35.9 Å². The van der Waals surface area contributed by atoms with Crippen LogP contribution in [0.25, 0.3) is 0 Å². The van der Waals surface area contributed by atoms with Gasteiger partial charge in [0.05, 0.1) is 11.1 Å². The first kappa shape index (κ1) is 22.8. The molecule has 10 heteroatoms. The maximum atomic E-state index is 10.5. The minimum absolute atomic E-state index is 0.0666. The third kappa shape index (κ3) is 7.58. The van der Waals surface area contributed by atoms with Crippen LogP contribution in [0.5, 0.6) is 5.75 Å². The maximum Gasteiger partial charge on any atom is 0.294 e. The van der Waals surface area contributed by atoms with E-state index < -0.39 is 10.1 Å². The monoisotopic (exact) mass is 406 g/mol. The lowest BCUT2D eigenvalue weighted by Crippen LogP contribution is -2.27. The van der Waals surface area contributed by atoms with Crippen molar-refractivity contribution in [3.63, 3.8) is 0 Å². The second-order valence-corrected chi connectivity index (χ2v) is 6.90. The molecule has 0 radical (unpaired) electrons. The first-order valence-electron chi connectivity index (χ1n) is 7.91. The van der Waals surface area contributed by atoms with Gasteiger partial charge in [0.2, 0.25) is 5.96 Å². The van der Waals surface area contributed by atoms with Crippen LogP contribution >= 0.6 is 0 Å². The minimum Gasteiger partial charge on any atom is -0.507 e. The number of hydroxylamine groups is 1. The summed E-state index contributed by atoms with van der Waals surface area (Å²) in [5.74, 6) is -0.107. The summed E-state index contributed by atoms with van der Waals surface area (Å²) >= 11 is 0. The highest BCUT2D eigenvalue weighted by molar-refractivity contribution is 7.85. The lowest BCUT2D eigenvalue weighted by molar-refractivity contribution is 0.232. The molecule has 2 rings (SSSR count). The number of aryl methyl sites for hydroxylation is 1. The summed E-state index contributed by atoms with van der Waals surface area (Å²) in [4.78, 5) is -0.0666. The molecule has 0 unspecified atom stereocenters. The molecule has 0 fully saturated rings. The Labute approximate surface area is 163 Å². The van der Waals surface area contributed by atoms with Crippen molar-refractivity contribution in [2.45, 2.75) is 18.2 Å². The molecule has 6 N–H and O–H groups in total. The van der Waals surface area contributed by atoms with E-state index in [0.29, 0.717) is 12.0 Å². The van der Waals surface area contributed by atoms with Crippen molar-refractivity contribution in [1.82, 2.24) is 5.48 Å². The lowest BCUT2D eigenvalue weighted by Gasteiger charge is -2.03. The molecule has 0 bridgehead atoms. The van der Waals surface area contributed by atoms with Gasteiger partial charge < -0.3 is 10.8 Å². The van der Waals surface area contributed by atoms with E-state index in [9.17, 15) is 13.5 Å². The molecule has 0 heterocycles. The zero-order chi connectivity index (χ0) is 21.2. The fourth-order valence-corrected chi connectivity index (χ4v) is 2.40. The third-order valence-corrected chi connectivity index (χ3v) is 4.18. The molecule has 150 valence electrons. The van der Waals surface area contributed by atoms with E-state index in [-0.39, 0.29) is 16.6 Å². The number of nitrogens with zero attached hydrogens (tertiary/aromatic N) is 2. The van der Waals surface area contributed by atoms with E-state index in [1.54, 1.807) is 41.9 Å². The molecule has 9 nitrogen and oxygen atoms in total. The molecular formula is C18H22N4O5S. The maximum absolute atomic E-state index is 10.5. The number of hydrogen-bond donors (Lipinski definition) is 5. The van der Waals surface area contributed by atoms with E-state index in [1.807, 2.05) is 6.92 Å². The van der Waals surface area contributed by atoms with Gasteiger partial charge in [0.1, 0.15) is 5.75 Å². The molecule has 2 aromatic rings. The van der Waals surface area contributed by atoms with Gasteiger partial charge in [-0.2, -0.15) is 13.5 Å². The van der Waals surface area contributed by atoms with Crippen molar-refractivity contribution >= 4 is 22.3 Å². The first-order chi connectivity index (χ1) is 13.2. The van der Waals surface area contributed by atoms with E-state index >= 15 is 0 Å². The predicted molar refractivity (Wildman–Crippen MR) is 107 cm³/mol. The zero-order valence-corrected chi connectivity index (χ0v) is 16.0. The Balaban J connectivity index is 0.000000307. The number of phenolic OH excluding ortho intramolecular Hbond substituents is 1. The molecule has 0 aromatic heterocycles. The van der Waals surface area contributed by atoms with Gasteiger partial charge in [0, 0.05) is 5.56 Å². The fourth-order valence-electron chi connectivity index (χ4n) is 1.92. The SMILES string of the molecule is C=CCc1cccc(/C=N/N=C(/N)NO)c1O.Cc1ccc(S(=O)(=O)O)cc1. The number of benzene rings is 2. The number of nitrogens with two attached hydrogens (primary N) is 1. The lowest BCUT2D eigenvalue weighted by atomic mass is 10.1. The van der Waals surface area contributed by atoms with Gasteiger partial charge in [-0.3, -0.25) is 9.76 Å². The normalized spacial score (nSPS) is 11.6. The Morgan fingerprint density at radius 2 is 1.89 bits per heavy atom. The summed E-state index contributed by atoms with van der Waals surface area (Å²) in [6, 6.07) is 11.3. The standard InChI is InChI=1S/C11H14N4O2.C7H8O3S/c1-2-4-8-5-3-6-9(10(8)16)7-13-14-11(12)15-17;1-6-2-4-7(5-3-6)11(8,9)10/h2-3,5-7,16-17H,1,4H2,(H3,12,14,15);2-5H,1H3,(H,8,9,10)/b13-7+;. The van der Waals surface area contributed by atoms with Crippen LogP contribution in [0.2, 0.25) is 0 Å². The highest BCUT2D eigenvalue weighted by Gasteiger charge is 2.06. The topological polar surface area (TPSA) is 158 Å². The Bertz CT molecular complexity index is 954. The molecule has 0 saturated carbocycles. The summed E-state index contributed by atoms with van der Waals surface area (Å²) in [5.41, 5.74) is 9.01. The van der Waals surface area contributed by atoms with E-state index in [4.69, 9.17) is 15.5 Å². The Kier molecular flexibility index (Phi) is 8.82. The molecule has 0 aliphatic carbocycles.